The van der Waals surface area contributed by atoms with Crippen LogP contribution in [0, 0.1) is 29.9 Å². The number of nitrogens with one attached hydrogen (secondary N) is 2. The molecule has 0 spiro atoms. The Bertz CT molecular complexity index is 1000. The summed E-state index contributed by atoms with van der Waals surface area (Å²) in [7, 11) is 0. The monoisotopic (exact) mass is 386 g/mol. The Balaban J connectivity index is 1.68. The average molecular weight is 386 g/mol. The first-order valence-electron chi connectivity index (χ1n) is 8.36. The summed E-state index contributed by atoms with van der Waals surface area (Å²) in [4.78, 5) is 33.7. The van der Waals surface area contributed by atoms with Gasteiger partial charge in [-0.2, -0.15) is 5.26 Å². The summed E-state index contributed by atoms with van der Waals surface area (Å²) in [5.74, 6) is -2.59. The number of amides is 3. The zero-order valence-corrected chi connectivity index (χ0v) is 15.1. The van der Waals surface area contributed by atoms with Gasteiger partial charge in [0.05, 0.1) is 35.9 Å². The lowest BCUT2D eigenvalue weighted by Gasteiger charge is -2.29. The molecule has 3 rings (SSSR count). The number of anilines is 1. The van der Waals surface area contributed by atoms with Crippen molar-refractivity contribution in [3.8, 4) is 6.07 Å². The zero-order valence-electron chi connectivity index (χ0n) is 15.1. The number of aryl methyl sites for hydroxylation is 1. The quantitative estimate of drug-likeness (QED) is 0.837. The fourth-order valence-corrected chi connectivity index (χ4v) is 2.95. The third kappa shape index (κ3) is 3.73. The van der Waals surface area contributed by atoms with Crippen LogP contribution >= 0.6 is 0 Å². The molecular formula is C18H16F2N6O2. The van der Waals surface area contributed by atoms with Crippen LogP contribution in [0.3, 0.4) is 0 Å². The number of aromatic nitrogens is 2. The SMILES string of the molecule is Cc1nc(C#N)cnc1[C@@H](C)NC(=O)CN1Cc2c(ccc(F)c2F)NC1=O. The van der Waals surface area contributed by atoms with Gasteiger partial charge in [0, 0.05) is 5.56 Å². The Morgan fingerprint density at radius 1 is 1.46 bits per heavy atom. The predicted octanol–water partition coefficient (Wildman–Crippen LogP) is 2.16. The maximum absolute atomic E-state index is 14.0. The first kappa shape index (κ1) is 19.2. The summed E-state index contributed by atoms with van der Waals surface area (Å²) in [6.07, 6.45) is 1.30. The summed E-state index contributed by atoms with van der Waals surface area (Å²) in [5.41, 5.74) is 1.30. The van der Waals surface area contributed by atoms with Crippen molar-refractivity contribution >= 4 is 17.6 Å². The maximum Gasteiger partial charge on any atom is 0.322 e. The molecule has 2 aromatic rings. The minimum atomic E-state index is -1.06. The molecule has 144 valence electrons. The van der Waals surface area contributed by atoms with E-state index in [-0.39, 0.29) is 30.0 Å². The van der Waals surface area contributed by atoms with Gasteiger partial charge in [0.15, 0.2) is 17.3 Å². The molecule has 0 saturated carbocycles. The van der Waals surface area contributed by atoms with Crippen molar-refractivity contribution in [2.45, 2.75) is 26.4 Å². The number of nitriles is 1. The van der Waals surface area contributed by atoms with E-state index in [4.69, 9.17) is 5.26 Å². The molecule has 1 atom stereocenters. The van der Waals surface area contributed by atoms with Gasteiger partial charge in [0.1, 0.15) is 12.6 Å². The summed E-state index contributed by atoms with van der Waals surface area (Å²) >= 11 is 0. The molecule has 0 unspecified atom stereocenters. The van der Waals surface area contributed by atoms with E-state index in [9.17, 15) is 18.4 Å². The molecule has 28 heavy (non-hydrogen) atoms. The van der Waals surface area contributed by atoms with E-state index in [0.717, 1.165) is 11.0 Å². The van der Waals surface area contributed by atoms with Crippen molar-refractivity contribution in [3.05, 3.63) is 52.6 Å². The van der Waals surface area contributed by atoms with Gasteiger partial charge in [0.2, 0.25) is 5.91 Å². The van der Waals surface area contributed by atoms with Crippen LogP contribution in [-0.2, 0) is 11.3 Å². The largest absolute Gasteiger partial charge is 0.346 e. The number of halogens is 2. The number of hydrogen-bond acceptors (Lipinski definition) is 5. The van der Waals surface area contributed by atoms with Gasteiger partial charge in [-0.05, 0) is 26.0 Å². The summed E-state index contributed by atoms with van der Waals surface area (Å²) < 4.78 is 27.4. The number of rotatable bonds is 4. The first-order chi connectivity index (χ1) is 13.3. The molecule has 0 aliphatic carbocycles. The summed E-state index contributed by atoms with van der Waals surface area (Å²) in [6, 6.07) is 2.97. The van der Waals surface area contributed by atoms with Crippen molar-refractivity contribution in [2.75, 3.05) is 11.9 Å². The minimum Gasteiger partial charge on any atom is -0.346 e. The molecule has 1 aromatic carbocycles. The molecule has 2 N–H and O–H groups in total. The van der Waals surface area contributed by atoms with E-state index in [2.05, 4.69) is 20.6 Å². The van der Waals surface area contributed by atoms with Crippen molar-refractivity contribution in [2.24, 2.45) is 0 Å². The molecule has 1 aromatic heterocycles. The van der Waals surface area contributed by atoms with Crippen molar-refractivity contribution in [1.29, 1.82) is 5.26 Å². The van der Waals surface area contributed by atoms with E-state index in [0.29, 0.717) is 11.4 Å². The van der Waals surface area contributed by atoms with Crippen molar-refractivity contribution in [3.63, 3.8) is 0 Å². The zero-order chi connectivity index (χ0) is 20.4. The van der Waals surface area contributed by atoms with E-state index in [1.807, 2.05) is 6.07 Å². The van der Waals surface area contributed by atoms with Gasteiger partial charge >= 0.3 is 6.03 Å². The second-order valence-corrected chi connectivity index (χ2v) is 6.30. The second-order valence-electron chi connectivity index (χ2n) is 6.30. The fraction of sp³-hybridized carbons (Fsp3) is 0.278. The third-order valence-electron chi connectivity index (χ3n) is 4.30. The topological polar surface area (TPSA) is 111 Å². The van der Waals surface area contributed by atoms with Crippen LogP contribution in [-0.4, -0.2) is 33.4 Å². The minimum absolute atomic E-state index is 0.0192. The van der Waals surface area contributed by atoms with Crippen LogP contribution in [0.5, 0.6) is 0 Å². The molecule has 8 nitrogen and oxygen atoms in total. The molecule has 0 saturated heterocycles. The van der Waals surface area contributed by atoms with Gasteiger partial charge in [-0.3, -0.25) is 9.78 Å². The number of urea groups is 1. The van der Waals surface area contributed by atoms with E-state index in [1.165, 1.54) is 12.3 Å². The van der Waals surface area contributed by atoms with Crippen molar-refractivity contribution in [1.82, 2.24) is 20.2 Å². The maximum atomic E-state index is 14.0. The average Bonchev–Trinajstić information content (AvgIpc) is 2.65. The van der Waals surface area contributed by atoms with E-state index >= 15 is 0 Å². The molecular weight excluding hydrogens is 370 g/mol. The van der Waals surface area contributed by atoms with Crippen LogP contribution in [0.25, 0.3) is 0 Å². The van der Waals surface area contributed by atoms with Gasteiger partial charge in [-0.1, -0.05) is 0 Å². The van der Waals surface area contributed by atoms with Crippen LogP contribution in [0.2, 0.25) is 0 Å². The number of benzene rings is 1. The number of carbonyl (C=O) groups excluding carboxylic acids is 2. The predicted molar refractivity (Wildman–Crippen MR) is 93.8 cm³/mol. The Labute approximate surface area is 159 Å². The Kier molecular flexibility index (Phi) is 5.17. The molecule has 1 aliphatic heterocycles. The lowest BCUT2D eigenvalue weighted by Crippen LogP contribution is -2.45. The second kappa shape index (κ2) is 7.56. The van der Waals surface area contributed by atoms with Gasteiger partial charge < -0.3 is 15.5 Å². The van der Waals surface area contributed by atoms with Crippen LogP contribution in [0.4, 0.5) is 19.3 Å². The Morgan fingerprint density at radius 3 is 2.89 bits per heavy atom. The summed E-state index contributed by atoms with van der Waals surface area (Å²) in [6.45, 7) is 2.76. The lowest BCUT2D eigenvalue weighted by molar-refractivity contribution is -0.122. The van der Waals surface area contributed by atoms with Crippen LogP contribution < -0.4 is 10.6 Å². The smallest absolute Gasteiger partial charge is 0.322 e. The standard InChI is InChI=1S/C18H16F2N6O2/c1-9-17(22-6-11(5-21)23-9)10(2)24-15(27)8-26-7-12-14(25-18(26)28)4-3-13(19)16(12)20/h3-4,6,10H,7-8H2,1-2H3,(H,24,27)(H,25,28)/t10-/m1/s1. The number of carbonyl (C=O) groups is 2. The first-order valence-corrected chi connectivity index (χ1v) is 8.36. The highest BCUT2D eigenvalue weighted by Crippen LogP contribution is 2.27. The Hall–Kier alpha value is -3.61. The van der Waals surface area contributed by atoms with E-state index < -0.39 is 29.6 Å². The normalized spacial score (nSPS) is 14.0. The Morgan fingerprint density at radius 2 is 2.21 bits per heavy atom. The molecule has 0 fully saturated rings. The molecule has 3 amide bonds. The number of fused-ring (bicyclic) bond motifs is 1. The summed E-state index contributed by atoms with van der Waals surface area (Å²) in [5, 5.41) is 14.0. The van der Waals surface area contributed by atoms with Crippen LogP contribution in [0.15, 0.2) is 18.3 Å². The highest BCUT2D eigenvalue weighted by molar-refractivity contribution is 5.94. The molecule has 0 bridgehead atoms. The van der Waals surface area contributed by atoms with Gasteiger partial charge in [0.25, 0.3) is 0 Å². The highest BCUT2D eigenvalue weighted by atomic mass is 19.2. The van der Waals surface area contributed by atoms with Crippen LogP contribution in [0.1, 0.15) is 35.6 Å². The third-order valence-corrected chi connectivity index (χ3v) is 4.30. The molecule has 2 heterocycles. The van der Waals surface area contributed by atoms with Gasteiger partial charge in [-0.25, -0.2) is 18.6 Å². The highest BCUT2D eigenvalue weighted by Gasteiger charge is 2.28. The lowest BCUT2D eigenvalue weighted by atomic mass is 10.1. The molecule has 10 heteroatoms. The molecule has 1 aliphatic rings. The number of hydrogen-bond donors (Lipinski definition) is 2. The van der Waals surface area contributed by atoms with Crippen molar-refractivity contribution < 1.29 is 18.4 Å². The molecule has 0 radical (unpaired) electrons. The van der Waals surface area contributed by atoms with Gasteiger partial charge in [-0.15, -0.1) is 0 Å². The fourth-order valence-electron chi connectivity index (χ4n) is 2.95. The number of nitrogens with zero attached hydrogens (tertiary/aromatic N) is 4. The van der Waals surface area contributed by atoms with E-state index in [1.54, 1.807) is 13.8 Å².